The number of benzene rings is 2. The smallest absolute Gasteiger partial charge is 0.275 e. The van der Waals surface area contributed by atoms with E-state index in [1.807, 2.05) is 63.2 Å². The van der Waals surface area contributed by atoms with Gasteiger partial charge in [-0.3, -0.25) is 4.79 Å². The van der Waals surface area contributed by atoms with Crippen molar-refractivity contribution < 1.29 is 9.53 Å². The molecule has 26 heavy (non-hydrogen) atoms. The zero-order valence-corrected chi connectivity index (χ0v) is 15.8. The fourth-order valence-corrected chi connectivity index (χ4v) is 3.21. The summed E-state index contributed by atoms with van der Waals surface area (Å²) in [6.07, 6.45) is 0. The van der Waals surface area contributed by atoms with Crippen molar-refractivity contribution in [2.45, 2.75) is 20.8 Å². The van der Waals surface area contributed by atoms with Gasteiger partial charge in [-0.1, -0.05) is 17.7 Å². The lowest BCUT2D eigenvalue weighted by Crippen LogP contribution is -2.13. The molecule has 1 heterocycles. The summed E-state index contributed by atoms with van der Waals surface area (Å²) < 4.78 is 5.43. The average Bonchev–Trinajstić information content (AvgIpc) is 3.08. The van der Waals surface area contributed by atoms with Crippen LogP contribution in [0.15, 0.2) is 47.8 Å². The first kappa shape index (κ1) is 17.9. The van der Waals surface area contributed by atoms with Gasteiger partial charge in [-0.05, 0) is 56.7 Å². The maximum absolute atomic E-state index is 12.4. The Balaban J connectivity index is 1.66. The lowest BCUT2D eigenvalue weighted by molar-refractivity contribution is 0.102. The molecular weight excluding hydrogens is 346 g/mol. The predicted octanol–water partition coefficient (Wildman–Crippen LogP) is 5.15. The van der Waals surface area contributed by atoms with Crippen LogP contribution < -0.4 is 15.4 Å². The molecule has 0 bridgehead atoms. The average molecular weight is 367 g/mol. The lowest BCUT2D eigenvalue weighted by Gasteiger charge is -2.08. The van der Waals surface area contributed by atoms with Gasteiger partial charge in [0.1, 0.15) is 11.4 Å². The summed E-state index contributed by atoms with van der Waals surface area (Å²) in [4.78, 5) is 16.8. The number of nitrogens with one attached hydrogen (secondary N) is 2. The Labute approximate surface area is 157 Å². The molecule has 1 aromatic heterocycles. The van der Waals surface area contributed by atoms with Crippen molar-refractivity contribution in [3.8, 4) is 5.75 Å². The second-order valence-electron chi connectivity index (χ2n) is 5.89. The summed E-state index contributed by atoms with van der Waals surface area (Å²) in [6.45, 7) is 6.59. The van der Waals surface area contributed by atoms with E-state index in [2.05, 4.69) is 15.6 Å². The van der Waals surface area contributed by atoms with Crippen LogP contribution in [0.1, 0.15) is 28.5 Å². The van der Waals surface area contributed by atoms with Crippen molar-refractivity contribution in [1.29, 1.82) is 0 Å². The van der Waals surface area contributed by atoms with Gasteiger partial charge in [0, 0.05) is 16.8 Å². The standard InChI is InChI=1S/C20H21N3O2S/c1-4-25-16-8-6-15(7-9-16)21-20-23-18(12-26-20)19(24)22-17-10-5-13(2)11-14(17)3/h5-12H,4H2,1-3H3,(H,21,23)(H,22,24). The van der Waals surface area contributed by atoms with Crippen LogP contribution in [0.25, 0.3) is 0 Å². The van der Waals surface area contributed by atoms with E-state index in [0.29, 0.717) is 17.4 Å². The number of carbonyl (C=O) groups is 1. The van der Waals surface area contributed by atoms with Gasteiger partial charge in [-0.15, -0.1) is 11.3 Å². The number of nitrogens with zero attached hydrogens (tertiary/aromatic N) is 1. The Morgan fingerprint density at radius 1 is 1.15 bits per heavy atom. The third-order valence-corrected chi connectivity index (χ3v) is 4.54. The number of aryl methyl sites for hydroxylation is 2. The Hall–Kier alpha value is -2.86. The minimum absolute atomic E-state index is 0.215. The van der Waals surface area contributed by atoms with E-state index >= 15 is 0 Å². The van der Waals surface area contributed by atoms with E-state index in [1.54, 1.807) is 5.38 Å². The number of anilines is 3. The number of hydrogen-bond acceptors (Lipinski definition) is 5. The summed E-state index contributed by atoms with van der Waals surface area (Å²) in [6, 6.07) is 13.6. The molecule has 5 nitrogen and oxygen atoms in total. The quantitative estimate of drug-likeness (QED) is 0.632. The third-order valence-electron chi connectivity index (χ3n) is 3.78. The molecule has 0 unspecified atom stereocenters. The summed E-state index contributed by atoms with van der Waals surface area (Å²) in [5.41, 5.74) is 4.28. The van der Waals surface area contributed by atoms with Crippen molar-refractivity contribution in [2.24, 2.45) is 0 Å². The molecule has 2 aromatic carbocycles. The minimum atomic E-state index is -0.215. The number of rotatable bonds is 6. The number of thiazole rings is 1. The van der Waals surface area contributed by atoms with E-state index < -0.39 is 0 Å². The van der Waals surface area contributed by atoms with Gasteiger partial charge in [-0.25, -0.2) is 4.98 Å². The van der Waals surface area contributed by atoms with Gasteiger partial charge in [-0.2, -0.15) is 0 Å². The molecule has 0 saturated heterocycles. The Kier molecular flexibility index (Phi) is 5.53. The molecule has 0 radical (unpaired) electrons. The van der Waals surface area contributed by atoms with Gasteiger partial charge in [0.25, 0.3) is 5.91 Å². The molecule has 0 aliphatic rings. The molecule has 0 aliphatic heterocycles. The fraction of sp³-hybridized carbons (Fsp3) is 0.200. The molecule has 0 atom stereocenters. The molecule has 6 heteroatoms. The number of carbonyl (C=O) groups excluding carboxylic acids is 1. The first-order valence-corrected chi connectivity index (χ1v) is 9.27. The van der Waals surface area contributed by atoms with Crippen molar-refractivity contribution in [1.82, 2.24) is 4.98 Å². The second kappa shape index (κ2) is 8.01. The molecule has 1 amide bonds. The normalized spacial score (nSPS) is 10.4. The summed E-state index contributed by atoms with van der Waals surface area (Å²) in [7, 11) is 0. The number of amides is 1. The van der Waals surface area contributed by atoms with Crippen LogP contribution in [0.5, 0.6) is 5.75 Å². The van der Waals surface area contributed by atoms with Crippen molar-refractivity contribution in [3.63, 3.8) is 0 Å². The van der Waals surface area contributed by atoms with Crippen LogP contribution >= 0.6 is 11.3 Å². The Bertz CT molecular complexity index is 904. The molecule has 3 aromatic rings. The van der Waals surface area contributed by atoms with Crippen LogP contribution in [0, 0.1) is 13.8 Å². The van der Waals surface area contributed by atoms with Gasteiger partial charge in [0.2, 0.25) is 0 Å². The number of ether oxygens (including phenoxy) is 1. The topological polar surface area (TPSA) is 63.2 Å². The van der Waals surface area contributed by atoms with E-state index in [0.717, 1.165) is 28.3 Å². The van der Waals surface area contributed by atoms with E-state index in [-0.39, 0.29) is 5.91 Å². The van der Waals surface area contributed by atoms with Crippen LogP contribution in [0.3, 0.4) is 0 Å². The molecule has 0 saturated carbocycles. The Morgan fingerprint density at radius 2 is 1.92 bits per heavy atom. The van der Waals surface area contributed by atoms with E-state index in [1.165, 1.54) is 11.3 Å². The summed E-state index contributed by atoms with van der Waals surface area (Å²) in [5.74, 6) is 0.610. The monoisotopic (exact) mass is 367 g/mol. The SMILES string of the molecule is CCOc1ccc(Nc2nc(C(=O)Nc3ccc(C)cc3C)cs2)cc1. The predicted molar refractivity (Wildman–Crippen MR) is 107 cm³/mol. The van der Waals surface area contributed by atoms with E-state index in [4.69, 9.17) is 4.74 Å². The molecule has 0 aliphatic carbocycles. The van der Waals surface area contributed by atoms with Crippen molar-refractivity contribution in [2.75, 3.05) is 17.2 Å². The molecular formula is C20H21N3O2S. The highest BCUT2D eigenvalue weighted by Gasteiger charge is 2.12. The molecule has 2 N–H and O–H groups in total. The number of hydrogen-bond donors (Lipinski definition) is 2. The van der Waals surface area contributed by atoms with Crippen molar-refractivity contribution >= 4 is 33.8 Å². The minimum Gasteiger partial charge on any atom is -0.494 e. The zero-order valence-electron chi connectivity index (χ0n) is 15.0. The van der Waals surface area contributed by atoms with Crippen LogP contribution in [-0.2, 0) is 0 Å². The van der Waals surface area contributed by atoms with Crippen LogP contribution in [-0.4, -0.2) is 17.5 Å². The van der Waals surface area contributed by atoms with Crippen LogP contribution in [0.2, 0.25) is 0 Å². The highest BCUT2D eigenvalue weighted by molar-refractivity contribution is 7.14. The molecule has 0 spiro atoms. The maximum Gasteiger partial charge on any atom is 0.275 e. The maximum atomic E-state index is 12.4. The molecule has 134 valence electrons. The van der Waals surface area contributed by atoms with Gasteiger partial charge in [0.15, 0.2) is 5.13 Å². The van der Waals surface area contributed by atoms with E-state index in [9.17, 15) is 4.79 Å². The summed E-state index contributed by atoms with van der Waals surface area (Å²) in [5, 5.41) is 8.53. The zero-order chi connectivity index (χ0) is 18.5. The highest BCUT2D eigenvalue weighted by Crippen LogP contribution is 2.24. The second-order valence-corrected chi connectivity index (χ2v) is 6.75. The first-order valence-electron chi connectivity index (χ1n) is 8.39. The molecule has 0 fully saturated rings. The first-order chi connectivity index (χ1) is 12.5. The van der Waals surface area contributed by atoms with Crippen molar-refractivity contribution in [3.05, 3.63) is 64.7 Å². The van der Waals surface area contributed by atoms with Gasteiger partial charge >= 0.3 is 0 Å². The molecule has 3 rings (SSSR count). The fourth-order valence-electron chi connectivity index (χ4n) is 2.50. The summed E-state index contributed by atoms with van der Waals surface area (Å²) >= 11 is 1.39. The Morgan fingerprint density at radius 3 is 2.62 bits per heavy atom. The van der Waals surface area contributed by atoms with Gasteiger partial charge < -0.3 is 15.4 Å². The van der Waals surface area contributed by atoms with Gasteiger partial charge in [0.05, 0.1) is 6.61 Å². The lowest BCUT2D eigenvalue weighted by atomic mass is 10.1. The largest absolute Gasteiger partial charge is 0.494 e. The third kappa shape index (κ3) is 4.40. The number of aromatic nitrogens is 1. The highest BCUT2D eigenvalue weighted by atomic mass is 32.1. The van der Waals surface area contributed by atoms with Crippen LogP contribution in [0.4, 0.5) is 16.5 Å².